The van der Waals surface area contributed by atoms with E-state index >= 15 is 0 Å². The van der Waals surface area contributed by atoms with Gasteiger partial charge in [0.25, 0.3) is 5.91 Å². The Hall–Kier alpha value is -2.90. The number of hydrogen-bond acceptors (Lipinski definition) is 5. The van der Waals surface area contributed by atoms with Crippen LogP contribution in [0.15, 0.2) is 47.8 Å². The molecule has 3 aromatic rings. The summed E-state index contributed by atoms with van der Waals surface area (Å²) in [6.45, 7) is 3.48. The van der Waals surface area contributed by atoms with Crippen molar-refractivity contribution in [2.45, 2.75) is 20.0 Å². The van der Waals surface area contributed by atoms with E-state index in [-0.39, 0.29) is 18.4 Å². The van der Waals surface area contributed by atoms with Crippen molar-refractivity contribution in [3.8, 4) is 17.0 Å². The van der Waals surface area contributed by atoms with Crippen LogP contribution < -0.4 is 15.0 Å². The van der Waals surface area contributed by atoms with Gasteiger partial charge in [0.05, 0.1) is 16.4 Å². The molecule has 0 saturated carbocycles. The molecule has 1 aromatic heterocycles. The van der Waals surface area contributed by atoms with Gasteiger partial charge in [0.2, 0.25) is 5.91 Å². The Kier molecular flexibility index (Phi) is 5.25. The fourth-order valence-corrected chi connectivity index (χ4v) is 3.95. The lowest BCUT2D eigenvalue weighted by Gasteiger charge is -2.32. The number of fused-ring (bicyclic) bond motifs is 1. The molecule has 0 spiro atoms. The molecule has 148 valence electrons. The van der Waals surface area contributed by atoms with Crippen LogP contribution in [0.1, 0.15) is 11.9 Å². The summed E-state index contributed by atoms with van der Waals surface area (Å²) >= 11 is 7.52. The minimum absolute atomic E-state index is 0.133. The van der Waals surface area contributed by atoms with E-state index in [1.165, 1.54) is 4.90 Å². The summed E-state index contributed by atoms with van der Waals surface area (Å²) in [7, 11) is 0. The van der Waals surface area contributed by atoms with Crippen LogP contribution in [-0.4, -0.2) is 29.4 Å². The van der Waals surface area contributed by atoms with Crippen molar-refractivity contribution >= 4 is 46.1 Å². The van der Waals surface area contributed by atoms with Gasteiger partial charge in [0.1, 0.15) is 12.3 Å². The molecule has 8 heteroatoms. The Labute approximate surface area is 177 Å². The summed E-state index contributed by atoms with van der Waals surface area (Å²) in [5.74, 6) is -0.0377. The smallest absolute Gasteiger partial charge is 0.268 e. The van der Waals surface area contributed by atoms with Crippen LogP contribution in [0.2, 0.25) is 5.02 Å². The summed E-state index contributed by atoms with van der Waals surface area (Å²) in [6, 6.07) is 12.4. The van der Waals surface area contributed by atoms with E-state index in [1.807, 2.05) is 30.5 Å². The molecule has 0 saturated heterocycles. The number of hydrogen-bond donors (Lipinski definition) is 1. The first-order valence-corrected chi connectivity index (χ1v) is 10.3. The molecule has 4 rings (SSSR count). The third kappa shape index (κ3) is 4.11. The fraction of sp³-hybridized carbons (Fsp3) is 0.190. The first kappa shape index (κ1) is 19.4. The van der Waals surface area contributed by atoms with Crippen LogP contribution in [0.5, 0.6) is 5.75 Å². The van der Waals surface area contributed by atoms with Crippen molar-refractivity contribution in [1.29, 1.82) is 0 Å². The van der Waals surface area contributed by atoms with Gasteiger partial charge in [0, 0.05) is 21.7 Å². The van der Waals surface area contributed by atoms with E-state index in [0.29, 0.717) is 22.1 Å². The maximum atomic E-state index is 12.8. The van der Waals surface area contributed by atoms with E-state index < -0.39 is 6.10 Å². The Morgan fingerprint density at radius 3 is 2.86 bits per heavy atom. The van der Waals surface area contributed by atoms with Crippen molar-refractivity contribution in [1.82, 2.24) is 4.98 Å². The van der Waals surface area contributed by atoms with Gasteiger partial charge in [-0.15, -0.1) is 11.3 Å². The third-order valence-electron chi connectivity index (χ3n) is 4.49. The number of carbonyl (C=O) groups excluding carboxylic acids is 2. The van der Waals surface area contributed by atoms with Crippen molar-refractivity contribution in [3.63, 3.8) is 0 Å². The number of carbonyl (C=O) groups is 2. The standard InChI is InChI=1S/C21H18ClN3O3S/c1-12-21(27)25(10-20(26)24-16-5-3-4-15(22)9-16)18-8-14(6-7-19(18)28-12)17-11-29-13(2)23-17/h3-9,11-12H,10H2,1-2H3,(H,24,26). The molecule has 0 bridgehead atoms. The second-order valence-corrected chi connectivity index (χ2v) is 8.18. The number of nitrogens with one attached hydrogen (secondary N) is 1. The normalized spacial score (nSPS) is 15.6. The van der Waals surface area contributed by atoms with Gasteiger partial charge in [-0.1, -0.05) is 17.7 Å². The Balaban J connectivity index is 1.62. The number of benzene rings is 2. The predicted molar refractivity (Wildman–Crippen MR) is 115 cm³/mol. The van der Waals surface area contributed by atoms with Crippen LogP contribution in [0.3, 0.4) is 0 Å². The van der Waals surface area contributed by atoms with Gasteiger partial charge >= 0.3 is 0 Å². The molecule has 2 aromatic carbocycles. The minimum atomic E-state index is -0.672. The largest absolute Gasteiger partial charge is 0.479 e. The molecule has 2 heterocycles. The molecular formula is C21H18ClN3O3S. The Morgan fingerprint density at radius 2 is 2.14 bits per heavy atom. The first-order chi connectivity index (χ1) is 13.9. The van der Waals surface area contributed by atoms with E-state index in [4.69, 9.17) is 16.3 Å². The van der Waals surface area contributed by atoms with Gasteiger partial charge in [-0.3, -0.25) is 14.5 Å². The predicted octanol–water partition coefficient (Wildman–Crippen LogP) is 4.52. The van der Waals surface area contributed by atoms with Crippen molar-refractivity contribution in [3.05, 3.63) is 57.9 Å². The molecule has 29 heavy (non-hydrogen) atoms. The number of nitrogens with zero attached hydrogens (tertiary/aromatic N) is 2. The summed E-state index contributed by atoms with van der Waals surface area (Å²) in [5, 5.41) is 6.21. The molecule has 2 amide bonds. The van der Waals surface area contributed by atoms with Gasteiger partial charge in [-0.05, 0) is 50.2 Å². The SMILES string of the molecule is Cc1nc(-c2ccc3c(c2)N(CC(=O)Nc2cccc(Cl)c2)C(=O)C(C)O3)cs1. The summed E-state index contributed by atoms with van der Waals surface area (Å²) in [5.41, 5.74) is 2.81. The molecule has 1 aliphatic rings. The summed E-state index contributed by atoms with van der Waals surface area (Å²) < 4.78 is 5.73. The van der Waals surface area contributed by atoms with Crippen LogP contribution in [0.25, 0.3) is 11.3 Å². The topological polar surface area (TPSA) is 71.5 Å². The monoisotopic (exact) mass is 427 g/mol. The van der Waals surface area contributed by atoms with E-state index in [9.17, 15) is 9.59 Å². The molecule has 1 N–H and O–H groups in total. The Morgan fingerprint density at radius 1 is 1.31 bits per heavy atom. The van der Waals surface area contributed by atoms with Gasteiger partial charge in [-0.25, -0.2) is 4.98 Å². The van der Waals surface area contributed by atoms with Crippen LogP contribution in [0.4, 0.5) is 11.4 Å². The molecule has 0 fully saturated rings. The number of aromatic nitrogens is 1. The number of aryl methyl sites for hydroxylation is 1. The molecule has 1 atom stereocenters. The highest BCUT2D eigenvalue weighted by Crippen LogP contribution is 2.37. The molecule has 0 radical (unpaired) electrons. The number of amides is 2. The van der Waals surface area contributed by atoms with Gasteiger partial charge < -0.3 is 10.1 Å². The summed E-state index contributed by atoms with van der Waals surface area (Å²) in [4.78, 5) is 31.3. The second-order valence-electron chi connectivity index (χ2n) is 6.68. The number of halogens is 1. The van der Waals surface area contributed by atoms with Gasteiger partial charge in [-0.2, -0.15) is 0 Å². The third-order valence-corrected chi connectivity index (χ3v) is 5.50. The second kappa shape index (κ2) is 7.85. The summed E-state index contributed by atoms with van der Waals surface area (Å²) in [6.07, 6.45) is -0.672. The molecule has 0 aliphatic carbocycles. The van der Waals surface area contributed by atoms with E-state index in [0.717, 1.165) is 16.3 Å². The van der Waals surface area contributed by atoms with E-state index in [1.54, 1.807) is 42.5 Å². The highest BCUT2D eigenvalue weighted by Gasteiger charge is 2.33. The zero-order chi connectivity index (χ0) is 20.5. The Bertz CT molecular complexity index is 1100. The molecular weight excluding hydrogens is 410 g/mol. The average Bonchev–Trinajstić information content (AvgIpc) is 3.11. The fourth-order valence-electron chi connectivity index (χ4n) is 3.14. The number of rotatable bonds is 4. The number of anilines is 2. The zero-order valence-corrected chi connectivity index (χ0v) is 17.4. The minimum Gasteiger partial charge on any atom is -0.479 e. The maximum absolute atomic E-state index is 12.8. The lowest BCUT2D eigenvalue weighted by Crippen LogP contribution is -2.47. The number of ether oxygens (including phenoxy) is 1. The van der Waals surface area contributed by atoms with Gasteiger partial charge in [0.15, 0.2) is 6.10 Å². The maximum Gasteiger partial charge on any atom is 0.268 e. The van der Waals surface area contributed by atoms with Crippen LogP contribution in [0, 0.1) is 6.92 Å². The highest BCUT2D eigenvalue weighted by atomic mass is 35.5. The van der Waals surface area contributed by atoms with Crippen molar-refractivity contribution in [2.24, 2.45) is 0 Å². The molecule has 1 aliphatic heterocycles. The average molecular weight is 428 g/mol. The molecule has 6 nitrogen and oxygen atoms in total. The van der Waals surface area contributed by atoms with Crippen LogP contribution >= 0.6 is 22.9 Å². The van der Waals surface area contributed by atoms with Crippen molar-refractivity contribution < 1.29 is 14.3 Å². The lowest BCUT2D eigenvalue weighted by atomic mass is 10.1. The molecule has 1 unspecified atom stereocenters. The zero-order valence-electron chi connectivity index (χ0n) is 15.8. The quantitative estimate of drug-likeness (QED) is 0.664. The first-order valence-electron chi connectivity index (χ1n) is 9.01. The van der Waals surface area contributed by atoms with Crippen LogP contribution in [-0.2, 0) is 9.59 Å². The van der Waals surface area contributed by atoms with E-state index in [2.05, 4.69) is 10.3 Å². The van der Waals surface area contributed by atoms with Crippen molar-refractivity contribution in [2.75, 3.05) is 16.8 Å². The lowest BCUT2D eigenvalue weighted by molar-refractivity contribution is -0.127. The highest BCUT2D eigenvalue weighted by molar-refractivity contribution is 7.09. The number of thiazole rings is 1.